The number of fused-ring (bicyclic) bond motifs is 1. The Balaban J connectivity index is 1.35. The lowest BCUT2D eigenvalue weighted by Gasteiger charge is -2.16. The minimum Gasteiger partial charge on any atom is -0.441 e. The lowest BCUT2D eigenvalue weighted by molar-refractivity contribution is 0.121. The van der Waals surface area contributed by atoms with Gasteiger partial charge in [-0.3, -0.25) is 5.32 Å². The van der Waals surface area contributed by atoms with Crippen LogP contribution in [0.15, 0.2) is 79.0 Å². The molecule has 0 bridgehead atoms. The van der Waals surface area contributed by atoms with Crippen molar-refractivity contribution in [2.75, 3.05) is 5.32 Å². The second-order valence-electron chi connectivity index (χ2n) is 8.44. The monoisotopic (exact) mass is 501 g/mol. The molecule has 0 radical (unpaired) electrons. The number of aryl methyl sites for hydroxylation is 2. The third-order valence-corrected chi connectivity index (χ3v) is 7.41. The standard InChI is InChI=1S/C28H24ClN3O2S/c1-17-26(30-28(33)34-18(2)23-6-4-5-7-24(23)29)27(35-31-17)20-10-8-19(9-11-20)21-12-13-25-22(16-21)14-15-32(25)3/h4-16,18H,1-3H3,(H,30,33)/t18-/m1/s1. The number of halogens is 1. The highest BCUT2D eigenvalue weighted by Gasteiger charge is 2.19. The van der Waals surface area contributed by atoms with E-state index < -0.39 is 12.2 Å². The van der Waals surface area contributed by atoms with Crippen LogP contribution in [0.1, 0.15) is 24.3 Å². The van der Waals surface area contributed by atoms with Crippen LogP contribution in [-0.2, 0) is 11.8 Å². The molecule has 0 fully saturated rings. The van der Waals surface area contributed by atoms with Gasteiger partial charge in [-0.25, -0.2) is 4.79 Å². The van der Waals surface area contributed by atoms with Gasteiger partial charge in [0.05, 0.1) is 16.3 Å². The van der Waals surface area contributed by atoms with Gasteiger partial charge in [0.15, 0.2) is 0 Å². The van der Waals surface area contributed by atoms with Crippen molar-refractivity contribution in [2.24, 2.45) is 7.05 Å². The normalized spacial score (nSPS) is 12.0. The molecular weight excluding hydrogens is 478 g/mol. The predicted molar refractivity (Wildman–Crippen MR) is 144 cm³/mol. The first-order valence-corrected chi connectivity index (χ1v) is 12.4. The van der Waals surface area contributed by atoms with Crippen molar-refractivity contribution in [3.05, 3.63) is 95.3 Å². The molecule has 0 aliphatic heterocycles. The molecule has 1 atom stereocenters. The molecule has 0 saturated heterocycles. The van der Waals surface area contributed by atoms with Gasteiger partial charge in [0.25, 0.3) is 0 Å². The summed E-state index contributed by atoms with van der Waals surface area (Å²) in [5.74, 6) is 0. The number of nitrogens with zero attached hydrogens (tertiary/aromatic N) is 2. The van der Waals surface area contributed by atoms with Crippen LogP contribution in [0.3, 0.4) is 0 Å². The Morgan fingerprint density at radius 1 is 1.03 bits per heavy atom. The van der Waals surface area contributed by atoms with Crippen molar-refractivity contribution < 1.29 is 9.53 Å². The highest BCUT2D eigenvalue weighted by molar-refractivity contribution is 7.10. The molecule has 0 aliphatic carbocycles. The van der Waals surface area contributed by atoms with Gasteiger partial charge in [0, 0.05) is 34.7 Å². The van der Waals surface area contributed by atoms with E-state index in [4.69, 9.17) is 16.3 Å². The highest BCUT2D eigenvalue weighted by atomic mass is 35.5. The fraction of sp³-hybridized carbons (Fsp3) is 0.143. The summed E-state index contributed by atoms with van der Waals surface area (Å²) in [7, 11) is 2.05. The average molecular weight is 502 g/mol. The minimum atomic E-state index is -0.547. The van der Waals surface area contributed by atoms with E-state index in [0.717, 1.165) is 32.8 Å². The summed E-state index contributed by atoms with van der Waals surface area (Å²) in [5.41, 5.74) is 6.63. The fourth-order valence-electron chi connectivity index (χ4n) is 4.15. The highest BCUT2D eigenvalue weighted by Crippen LogP contribution is 2.36. The molecule has 5 rings (SSSR count). The number of hydrogen-bond acceptors (Lipinski definition) is 4. The molecule has 0 saturated carbocycles. The van der Waals surface area contributed by atoms with Crippen molar-refractivity contribution in [3.8, 4) is 21.6 Å². The number of amides is 1. The Kier molecular flexibility index (Phi) is 6.32. The molecule has 5 nitrogen and oxygen atoms in total. The lowest BCUT2D eigenvalue weighted by Crippen LogP contribution is -2.16. The molecule has 1 N–H and O–H groups in total. The van der Waals surface area contributed by atoms with Gasteiger partial charge in [-0.15, -0.1) is 0 Å². The van der Waals surface area contributed by atoms with Crippen molar-refractivity contribution in [3.63, 3.8) is 0 Å². The molecule has 0 spiro atoms. The zero-order valence-corrected chi connectivity index (χ0v) is 21.2. The number of carbonyl (C=O) groups is 1. The topological polar surface area (TPSA) is 56.2 Å². The summed E-state index contributed by atoms with van der Waals surface area (Å²) in [4.78, 5) is 13.6. The Labute approximate surface area is 213 Å². The Morgan fingerprint density at radius 3 is 2.51 bits per heavy atom. The summed E-state index contributed by atoms with van der Waals surface area (Å²) >= 11 is 7.59. The van der Waals surface area contributed by atoms with Gasteiger partial charge in [-0.05, 0) is 66.3 Å². The van der Waals surface area contributed by atoms with Crippen molar-refractivity contribution in [2.45, 2.75) is 20.0 Å². The second kappa shape index (κ2) is 9.56. The third-order valence-electron chi connectivity index (χ3n) is 6.08. The Morgan fingerprint density at radius 2 is 1.74 bits per heavy atom. The molecule has 176 valence electrons. The van der Waals surface area contributed by atoms with Crippen LogP contribution in [0.5, 0.6) is 0 Å². The molecule has 7 heteroatoms. The van der Waals surface area contributed by atoms with Crippen LogP contribution >= 0.6 is 23.1 Å². The first kappa shape index (κ1) is 23.1. The van der Waals surface area contributed by atoms with Gasteiger partial charge >= 0.3 is 6.09 Å². The summed E-state index contributed by atoms with van der Waals surface area (Å²) in [6.07, 6.45) is 1.04. The summed E-state index contributed by atoms with van der Waals surface area (Å²) in [5, 5.41) is 4.66. The summed E-state index contributed by atoms with van der Waals surface area (Å²) in [6.45, 7) is 3.67. The maximum atomic E-state index is 12.7. The van der Waals surface area contributed by atoms with Crippen LogP contribution in [0, 0.1) is 6.92 Å². The van der Waals surface area contributed by atoms with Crippen LogP contribution < -0.4 is 5.32 Å². The number of hydrogen-bond donors (Lipinski definition) is 1. The molecule has 2 heterocycles. The SMILES string of the molecule is Cc1nsc(-c2ccc(-c3ccc4c(ccn4C)c3)cc2)c1NC(=O)O[C@H](C)c1ccccc1Cl. The van der Waals surface area contributed by atoms with Gasteiger partial charge < -0.3 is 9.30 Å². The zero-order chi connectivity index (χ0) is 24.5. The first-order valence-electron chi connectivity index (χ1n) is 11.2. The van der Waals surface area contributed by atoms with Crippen molar-refractivity contribution in [1.29, 1.82) is 0 Å². The van der Waals surface area contributed by atoms with Crippen molar-refractivity contribution >= 4 is 45.8 Å². The van der Waals surface area contributed by atoms with Gasteiger partial charge in [0.2, 0.25) is 0 Å². The minimum absolute atomic E-state index is 0.486. The lowest BCUT2D eigenvalue weighted by atomic mass is 10.0. The van der Waals surface area contributed by atoms with Crippen LogP contribution in [0.2, 0.25) is 5.02 Å². The average Bonchev–Trinajstić information content (AvgIpc) is 3.41. The van der Waals surface area contributed by atoms with E-state index in [9.17, 15) is 4.79 Å². The van der Waals surface area contributed by atoms with E-state index >= 15 is 0 Å². The van der Waals surface area contributed by atoms with E-state index in [1.165, 1.54) is 22.4 Å². The Bertz CT molecular complexity index is 1520. The fourth-order valence-corrected chi connectivity index (χ4v) is 5.29. The summed E-state index contributed by atoms with van der Waals surface area (Å²) in [6, 6.07) is 24.2. The van der Waals surface area contributed by atoms with E-state index in [1.54, 1.807) is 13.0 Å². The molecule has 0 aliphatic rings. The van der Waals surface area contributed by atoms with E-state index in [0.29, 0.717) is 10.7 Å². The predicted octanol–water partition coefficient (Wildman–Crippen LogP) is 8.24. The molecule has 1 amide bonds. The molecule has 3 aromatic carbocycles. The molecule has 2 aromatic heterocycles. The number of benzene rings is 3. The number of aromatic nitrogens is 2. The van der Waals surface area contributed by atoms with E-state index in [-0.39, 0.29) is 0 Å². The number of rotatable bonds is 5. The Hall–Kier alpha value is -3.61. The largest absolute Gasteiger partial charge is 0.441 e. The third kappa shape index (κ3) is 4.67. The van der Waals surface area contributed by atoms with E-state index in [1.807, 2.05) is 32.2 Å². The van der Waals surface area contributed by atoms with Crippen LogP contribution in [0.25, 0.3) is 32.5 Å². The summed E-state index contributed by atoms with van der Waals surface area (Å²) < 4.78 is 12.2. The van der Waals surface area contributed by atoms with E-state index in [2.05, 4.69) is 69.0 Å². The number of carbonyl (C=O) groups excluding carboxylic acids is 1. The number of anilines is 1. The molecule has 5 aromatic rings. The second-order valence-corrected chi connectivity index (χ2v) is 9.62. The van der Waals surface area contributed by atoms with Gasteiger partial charge in [-0.1, -0.05) is 60.1 Å². The van der Waals surface area contributed by atoms with Gasteiger partial charge in [-0.2, -0.15) is 4.37 Å². The maximum absolute atomic E-state index is 12.7. The first-order chi connectivity index (χ1) is 16.9. The molecule has 35 heavy (non-hydrogen) atoms. The maximum Gasteiger partial charge on any atom is 0.412 e. The molecule has 0 unspecified atom stereocenters. The smallest absolute Gasteiger partial charge is 0.412 e. The van der Waals surface area contributed by atoms with Crippen LogP contribution in [0.4, 0.5) is 10.5 Å². The molecular formula is C28H24ClN3O2S. The quantitative estimate of drug-likeness (QED) is 0.264. The number of ether oxygens (including phenoxy) is 1. The van der Waals surface area contributed by atoms with Crippen molar-refractivity contribution in [1.82, 2.24) is 8.94 Å². The zero-order valence-electron chi connectivity index (χ0n) is 19.6. The van der Waals surface area contributed by atoms with Crippen LogP contribution in [-0.4, -0.2) is 15.0 Å². The van der Waals surface area contributed by atoms with Gasteiger partial charge in [0.1, 0.15) is 6.10 Å². The number of nitrogens with one attached hydrogen (secondary N) is 1.